The summed E-state index contributed by atoms with van der Waals surface area (Å²) in [6, 6.07) is 15.5. The predicted octanol–water partition coefficient (Wildman–Crippen LogP) is 4.63. The number of nitro groups is 1. The van der Waals surface area contributed by atoms with Gasteiger partial charge in [-0.3, -0.25) is 19.7 Å². The largest absolute Gasteiger partial charge is 0.447 e. The van der Waals surface area contributed by atoms with Gasteiger partial charge in [-0.1, -0.05) is 18.2 Å². The highest BCUT2D eigenvalue weighted by molar-refractivity contribution is 9.13. The monoisotopic (exact) mass is 560 g/mol. The van der Waals surface area contributed by atoms with Gasteiger partial charge >= 0.3 is 0 Å². The Morgan fingerprint density at radius 3 is 2.34 bits per heavy atom. The van der Waals surface area contributed by atoms with Crippen LogP contribution in [0.1, 0.15) is 21.7 Å². The first-order chi connectivity index (χ1) is 15.3. The quantitative estimate of drug-likeness (QED) is 0.188. The molecule has 1 aromatic heterocycles. The molecule has 0 atom stereocenters. The summed E-state index contributed by atoms with van der Waals surface area (Å²) in [6.07, 6.45) is 2.67. The minimum Gasteiger partial charge on any atom is -0.447 e. The zero-order valence-electron chi connectivity index (χ0n) is 16.1. The molecule has 9 nitrogen and oxygen atoms in total. The number of halogens is 2. The number of rotatable bonds is 7. The summed E-state index contributed by atoms with van der Waals surface area (Å²) in [7, 11) is 0. The number of hydrogen-bond acceptors (Lipinski definition) is 6. The number of nitrogens with zero attached hydrogens (tertiary/aromatic N) is 2. The first-order valence-corrected chi connectivity index (χ1v) is 10.5. The molecule has 0 aliphatic heterocycles. The SMILES string of the molecule is O=C(N/N=C/c1cc(Br)c(Br)o1)/C(=C/c1ccc([N+](=O)[O-])cc1)NC(=O)c1ccccc1. The van der Waals surface area contributed by atoms with E-state index in [1.807, 2.05) is 0 Å². The van der Waals surface area contributed by atoms with Crippen LogP contribution in [-0.4, -0.2) is 23.0 Å². The van der Waals surface area contributed by atoms with Crippen LogP contribution in [0.3, 0.4) is 0 Å². The number of nitrogens with one attached hydrogen (secondary N) is 2. The van der Waals surface area contributed by atoms with Crippen LogP contribution in [0.25, 0.3) is 6.08 Å². The number of non-ortho nitro benzene ring substituents is 1. The van der Waals surface area contributed by atoms with E-state index in [-0.39, 0.29) is 11.4 Å². The van der Waals surface area contributed by atoms with E-state index in [1.165, 1.54) is 36.6 Å². The lowest BCUT2D eigenvalue weighted by Gasteiger charge is -2.09. The second kappa shape index (κ2) is 10.6. The van der Waals surface area contributed by atoms with E-state index < -0.39 is 16.7 Å². The topological polar surface area (TPSA) is 127 Å². The average molecular weight is 562 g/mol. The predicted molar refractivity (Wildman–Crippen MR) is 125 cm³/mol. The summed E-state index contributed by atoms with van der Waals surface area (Å²) in [6.45, 7) is 0. The van der Waals surface area contributed by atoms with Crippen LogP contribution in [0.15, 0.2) is 85.0 Å². The van der Waals surface area contributed by atoms with Crippen molar-refractivity contribution in [3.63, 3.8) is 0 Å². The number of amides is 2. The fourth-order valence-electron chi connectivity index (χ4n) is 2.44. The summed E-state index contributed by atoms with van der Waals surface area (Å²) in [5, 5.41) is 17.2. The Morgan fingerprint density at radius 1 is 1.06 bits per heavy atom. The van der Waals surface area contributed by atoms with E-state index in [4.69, 9.17) is 4.42 Å². The minimum atomic E-state index is -0.700. The van der Waals surface area contributed by atoms with Gasteiger partial charge in [0.2, 0.25) is 0 Å². The molecule has 0 aliphatic carbocycles. The van der Waals surface area contributed by atoms with Crippen molar-refractivity contribution < 1.29 is 18.9 Å². The molecule has 0 saturated heterocycles. The van der Waals surface area contributed by atoms with Gasteiger partial charge in [0.15, 0.2) is 4.67 Å². The van der Waals surface area contributed by atoms with Crippen LogP contribution in [0.5, 0.6) is 0 Å². The molecule has 0 saturated carbocycles. The van der Waals surface area contributed by atoms with Crippen LogP contribution < -0.4 is 10.7 Å². The van der Waals surface area contributed by atoms with Crippen molar-refractivity contribution in [1.82, 2.24) is 10.7 Å². The summed E-state index contributed by atoms with van der Waals surface area (Å²) in [5.74, 6) is -0.830. The highest BCUT2D eigenvalue weighted by atomic mass is 79.9. The third-order valence-corrected chi connectivity index (χ3v) is 5.68. The molecule has 0 bridgehead atoms. The molecule has 2 aromatic carbocycles. The number of benzene rings is 2. The molecule has 0 aliphatic rings. The van der Waals surface area contributed by atoms with Crippen molar-refractivity contribution in [1.29, 1.82) is 0 Å². The molecule has 2 amide bonds. The molecule has 0 unspecified atom stereocenters. The van der Waals surface area contributed by atoms with Crippen molar-refractivity contribution in [3.05, 3.63) is 103 Å². The average Bonchev–Trinajstić information content (AvgIpc) is 3.11. The van der Waals surface area contributed by atoms with E-state index in [0.717, 1.165) is 0 Å². The normalized spacial score (nSPS) is 11.4. The van der Waals surface area contributed by atoms with Crippen molar-refractivity contribution in [2.45, 2.75) is 0 Å². The molecular weight excluding hydrogens is 548 g/mol. The Morgan fingerprint density at radius 2 is 1.75 bits per heavy atom. The fourth-order valence-corrected chi connectivity index (χ4v) is 3.05. The fraction of sp³-hybridized carbons (Fsp3) is 0. The maximum Gasteiger partial charge on any atom is 0.287 e. The molecule has 32 heavy (non-hydrogen) atoms. The third-order valence-electron chi connectivity index (χ3n) is 3.97. The zero-order valence-corrected chi connectivity index (χ0v) is 19.3. The standard InChI is InChI=1S/C21H14Br2N4O5/c22-17-11-16(32-19(17)23)12-24-26-21(29)18(25-20(28)14-4-2-1-3-5-14)10-13-6-8-15(9-7-13)27(30)31/h1-12H,(H,25,28)(H,26,29)/b18-10-,24-12+. The molecule has 0 spiro atoms. The lowest BCUT2D eigenvalue weighted by molar-refractivity contribution is -0.384. The number of carbonyl (C=O) groups is 2. The van der Waals surface area contributed by atoms with Crippen molar-refractivity contribution >= 4 is 61.7 Å². The van der Waals surface area contributed by atoms with Gasteiger partial charge in [-0.15, -0.1) is 0 Å². The van der Waals surface area contributed by atoms with Gasteiger partial charge in [0.05, 0.1) is 15.6 Å². The number of furan rings is 1. The van der Waals surface area contributed by atoms with E-state index in [2.05, 4.69) is 47.7 Å². The summed E-state index contributed by atoms with van der Waals surface area (Å²) in [5.41, 5.74) is 2.93. The number of carbonyl (C=O) groups excluding carboxylic acids is 2. The summed E-state index contributed by atoms with van der Waals surface area (Å²) >= 11 is 6.47. The van der Waals surface area contributed by atoms with Gasteiger partial charge < -0.3 is 9.73 Å². The summed E-state index contributed by atoms with van der Waals surface area (Å²) < 4.78 is 6.49. The Bertz CT molecular complexity index is 1190. The van der Waals surface area contributed by atoms with Crippen molar-refractivity contribution in [3.8, 4) is 0 Å². The van der Waals surface area contributed by atoms with Crippen LogP contribution in [-0.2, 0) is 4.79 Å². The van der Waals surface area contributed by atoms with E-state index >= 15 is 0 Å². The van der Waals surface area contributed by atoms with E-state index in [0.29, 0.717) is 26.0 Å². The lowest BCUT2D eigenvalue weighted by atomic mass is 10.1. The van der Waals surface area contributed by atoms with Gasteiger partial charge in [-0.05, 0) is 67.8 Å². The van der Waals surface area contributed by atoms with Crippen molar-refractivity contribution in [2.75, 3.05) is 0 Å². The van der Waals surface area contributed by atoms with Gasteiger partial charge in [0, 0.05) is 23.8 Å². The zero-order chi connectivity index (χ0) is 23.1. The molecule has 1 heterocycles. The van der Waals surface area contributed by atoms with Crippen LogP contribution in [0.2, 0.25) is 0 Å². The second-order valence-corrected chi connectivity index (χ2v) is 7.77. The van der Waals surface area contributed by atoms with E-state index in [9.17, 15) is 19.7 Å². The van der Waals surface area contributed by atoms with Gasteiger partial charge in [0.1, 0.15) is 11.5 Å². The number of hydrogen-bond donors (Lipinski definition) is 2. The van der Waals surface area contributed by atoms with E-state index in [1.54, 1.807) is 36.4 Å². The molecule has 3 rings (SSSR count). The van der Waals surface area contributed by atoms with Crippen LogP contribution in [0.4, 0.5) is 5.69 Å². The molecule has 162 valence electrons. The van der Waals surface area contributed by atoms with Gasteiger partial charge in [-0.2, -0.15) is 5.10 Å². The first kappa shape index (κ1) is 23.1. The molecule has 2 N–H and O–H groups in total. The third kappa shape index (κ3) is 6.22. The Labute approximate surface area is 198 Å². The summed E-state index contributed by atoms with van der Waals surface area (Å²) in [4.78, 5) is 35.5. The lowest BCUT2D eigenvalue weighted by Crippen LogP contribution is -2.32. The second-order valence-electron chi connectivity index (χ2n) is 6.20. The highest BCUT2D eigenvalue weighted by Crippen LogP contribution is 2.25. The number of nitro benzene ring substituents is 1. The smallest absolute Gasteiger partial charge is 0.287 e. The molecule has 0 radical (unpaired) electrons. The van der Waals surface area contributed by atoms with Gasteiger partial charge in [-0.25, -0.2) is 5.43 Å². The van der Waals surface area contributed by atoms with Gasteiger partial charge in [0.25, 0.3) is 17.5 Å². The van der Waals surface area contributed by atoms with Crippen LogP contribution in [0, 0.1) is 10.1 Å². The van der Waals surface area contributed by atoms with Crippen LogP contribution >= 0.6 is 31.9 Å². The molecular formula is C21H14Br2N4O5. The highest BCUT2D eigenvalue weighted by Gasteiger charge is 2.15. The molecule has 0 fully saturated rings. The Kier molecular flexibility index (Phi) is 7.68. The minimum absolute atomic E-state index is 0.0955. The van der Waals surface area contributed by atoms with Crippen molar-refractivity contribution in [2.24, 2.45) is 5.10 Å². The first-order valence-electron chi connectivity index (χ1n) is 8.94. The maximum absolute atomic E-state index is 12.7. The maximum atomic E-state index is 12.7. The Balaban J connectivity index is 1.82. The molecule has 3 aromatic rings. The Hall–Kier alpha value is -3.57. The number of hydrazone groups is 1. The molecule has 11 heteroatoms.